The van der Waals surface area contributed by atoms with E-state index in [-0.39, 0.29) is 35.1 Å². The molecule has 2 amide bonds. The van der Waals surface area contributed by atoms with Gasteiger partial charge in [0.25, 0.3) is 0 Å². The van der Waals surface area contributed by atoms with Gasteiger partial charge in [-0.2, -0.15) is 0 Å². The first-order chi connectivity index (χ1) is 15.4. The molecule has 1 aromatic rings. The summed E-state index contributed by atoms with van der Waals surface area (Å²) >= 11 is 0. The molecule has 2 aliphatic rings. The van der Waals surface area contributed by atoms with Crippen molar-refractivity contribution in [3.63, 3.8) is 0 Å². The predicted octanol–water partition coefficient (Wildman–Crippen LogP) is 2.30. The van der Waals surface area contributed by atoms with Gasteiger partial charge in [-0.25, -0.2) is 13.1 Å². The van der Waals surface area contributed by atoms with Crippen LogP contribution in [0.5, 0.6) is 5.75 Å². The van der Waals surface area contributed by atoms with Crippen LogP contribution in [0.1, 0.15) is 51.4 Å². The number of hydrogen-bond donors (Lipinski definition) is 2. The molecule has 178 valence electrons. The Morgan fingerprint density at radius 3 is 2.22 bits per heavy atom. The predicted molar refractivity (Wildman–Crippen MR) is 122 cm³/mol. The molecule has 0 radical (unpaired) electrons. The number of rotatable bonds is 8. The highest BCUT2D eigenvalue weighted by atomic mass is 32.2. The topological polar surface area (TPSA) is 105 Å². The Bertz CT molecular complexity index is 856. The minimum atomic E-state index is -3.57. The highest BCUT2D eigenvalue weighted by molar-refractivity contribution is 7.89. The third kappa shape index (κ3) is 6.93. The normalized spacial score (nSPS) is 22.1. The summed E-state index contributed by atoms with van der Waals surface area (Å²) in [7, 11) is -2.04. The first kappa shape index (κ1) is 24.5. The van der Waals surface area contributed by atoms with Gasteiger partial charge in [-0.05, 0) is 68.7 Å². The largest absolute Gasteiger partial charge is 0.497 e. The van der Waals surface area contributed by atoms with Gasteiger partial charge in [0.2, 0.25) is 21.8 Å². The van der Waals surface area contributed by atoms with Gasteiger partial charge < -0.3 is 15.0 Å². The van der Waals surface area contributed by atoms with E-state index in [2.05, 4.69) is 10.0 Å². The highest BCUT2D eigenvalue weighted by Crippen LogP contribution is 2.29. The Labute approximate surface area is 191 Å². The number of nitrogens with one attached hydrogen (secondary N) is 2. The van der Waals surface area contributed by atoms with Crippen molar-refractivity contribution in [1.29, 1.82) is 0 Å². The first-order valence-electron chi connectivity index (χ1n) is 11.6. The lowest BCUT2D eigenvalue weighted by Crippen LogP contribution is -2.43. The van der Waals surface area contributed by atoms with E-state index in [1.54, 1.807) is 12.1 Å². The van der Waals surface area contributed by atoms with Crippen molar-refractivity contribution in [3.05, 3.63) is 24.3 Å². The molecular weight excluding hydrogens is 430 g/mol. The average molecular weight is 466 g/mol. The fraction of sp³-hybridized carbons (Fsp3) is 0.652. The van der Waals surface area contributed by atoms with E-state index < -0.39 is 10.0 Å². The number of benzene rings is 1. The number of ether oxygens (including phenoxy) is 1. The Morgan fingerprint density at radius 1 is 1.00 bits per heavy atom. The van der Waals surface area contributed by atoms with Crippen LogP contribution in [-0.4, -0.2) is 58.4 Å². The van der Waals surface area contributed by atoms with Crippen LogP contribution < -0.4 is 14.8 Å². The number of hydrogen-bond acceptors (Lipinski definition) is 5. The molecule has 9 heteroatoms. The van der Waals surface area contributed by atoms with Crippen molar-refractivity contribution in [2.24, 2.45) is 11.8 Å². The molecule has 1 saturated heterocycles. The number of methoxy groups -OCH3 is 1. The standard InChI is InChI=1S/C23H35N3O5S/c1-31-20-10-12-21(13-11-20)32(29,30)25-16-18-6-8-19(9-7-18)23(28)24-17-22(27)26-14-4-2-3-5-15-26/h10-13,18-19,25H,2-9,14-17H2,1H3,(H,24,28). The van der Waals surface area contributed by atoms with E-state index in [1.165, 1.54) is 19.2 Å². The minimum absolute atomic E-state index is 0.00174. The van der Waals surface area contributed by atoms with E-state index in [1.807, 2.05) is 4.90 Å². The molecular formula is C23H35N3O5S. The summed E-state index contributed by atoms with van der Waals surface area (Å²) in [5, 5.41) is 2.82. The molecule has 2 fully saturated rings. The van der Waals surface area contributed by atoms with Crippen molar-refractivity contribution >= 4 is 21.8 Å². The maximum Gasteiger partial charge on any atom is 0.241 e. The summed E-state index contributed by atoms with van der Waals surface area (Å²) in [5.41, 5.74) is 0. The molecule has 8 nitrogen and oxygen atoms in total. The molecule has 0 atom stereocenters. The smallest absolute Gasteiger partial charge is 0.241 e. The highest BCUT2D eigenvalue weighted by Gasteiger charge is 2.28. The van der Waals surface area contributed by atoms with Crippen molar-refractivity contribution in [2.45, 2.75) is 56.3 Å². The maximum atomic E-state index is 12.5. The third-order valence-corrected chi connectivity index (χ3v) is 7.96. The van der Waals surface area contributed by atoms with Crippen molar-refractivity contribution < 1.29 is 22.7 Å². The Hall–Kier alpha value is -2.13. The summed E-state index contributed by atoms with van der Waals surface area (Å²) < 4.78 is 32.7. The summed E-state index contributed by atoms with van der Waals surface area (Å²) in [6, 6.07) is 6.29. The van der Waals surface area contributed by atoms with Crippen LogP contribution >= 0.6 is 0 Å². The van der Waals surface area contributed by atoms with Crippen LogP contribution in [0.15, 0.2) is 29.2 Å². The van der Waals surface area contributed by atoms with Gasteiger partial charge in [0, 0.05) is 25.6 Å². The number of sulfonamides is 1. The van der Waals surface area contributed by atoms with Gasteiger partial charge >= 0.3 is 0 Å². The molecule has 3 rings (SSSR count). The van der Waals surface area contributed by atoms with Crippen LogP contribution in [0.2, 0.25) is 0 Å². The van der Waals surface area contributed by atoms with Crippen LogP contribution in [0.4, 0.5) is 0 Å². The molecule has 1 heterocycles. The molecule has 1 aliphatic carbocycles. The molecule has 1 aromatic carbocycles. The lowest BCUT2D eigenvalue weighted by atomic mass is 9.81. The molecule has 0 bridgehead atoms. The fourth-order valence-corrected chi connectivity index (χ4v) is 5.55. The monoisotopic (exact) mass is 465 g/mol. The first-order valence-corrected chi connectivity index (χ1v) is 13.1. The van der Waals surface area contributed by atoms with Gasteiger partial charge in [-0.3, -0.25) is 9.59 Å². The SMILES string of the molecule is COc1ccc(S(=O)(=O)NCC2CCC(C(=O)NCC(=O)N3CCCCCC3)CC2)cc1. The Balaban J connectivity index is 1.38. The number of carbonyl (C=O) groups is 2. The quantitative estimate of drug-likeness (QED) is 0.613. The number of carbonyl (C=O) groups excluding carboxylic acids is 2. The lowest BCUT2D eigenvalue weighted by Gasteiger charge is -2.28. The van der Waals surface area contributed by atoms with E-state index in [0.717, 1.165) is 51.6 Å². The molecule has 0 aromatic heterocycles. The molecule has 0 unspecified atom stereocenters. The zero-order chi connectivity index (χ0) is 23.0. The van der Waals surface area contributed by atoms with Crippen LogP contribution in [-0.2, 0) is 19.6 Å². The maximum absolute atomic E-state index is 12.5. The van der Waals surface area contributed by atoms with Crippen molar-refractivity contribution in [1.82, 2.24) is 14.9 Å². The van der Waals surface area contributed by atoms with Gasteiger partial charge in [0.1, 0.15) is 5.75 Å². The van der Waals surface area contributed by atoms with Crippen LogP contribution in [0.25, 0.3) is 0 Å². The van der Waals surface area contributed by atoms with Gasteiger partial charge in [-0.15, -0.1) is 0 Å². The molecule has 32 heavy (non-hydrogen) atoms. The second-order valence-corrected chi connectivity index (χ2v) is 10.5. The zero-order valence-corrected chi connectivity index (χ0v) is 19.7. The van der Waals surface area contributed by atoms with Crippen LogP contribution in [0.3, 0.4) is 0 Å². The Kier molecular flexibility index (Phi) is 8.92. The van der Waals surface area contributed by atoms with E-state index in [9.17, 15) is 18.0 Å². The average Bonchev–Trinajstić information content (AvgIpc) is 3.11. The second kappa shape index (κ2) is 11.7. The van der Waals surface area contributed by atoms with E-state index >= 15 is 0 Å². The number of amides is 2. The molecule has 1 saturated carbocycles. The summed E-state index contributed by atoms with van der Waals surface area (Å²) in [6.07, 6.45) is 7.37. The van der Waals surface area contributed by atoms with Gasteiger partial charge in [0.05, 0.1) is 18.6 Å². The Morgan fingerprint density at radius 2 is 1.62 bits per heavy atom. The number of likely N-dealkylation sites (tertiary alicyclic amines) is 1. The summed E-state index contributed by atoms with van der Waals surface area (Å²) in [6.45, 7) is 2.00. The van der Waals surface area contributed by atoms with Crippen molar-refractivity contribution in [2.75, 3.05) is 33.3 Å². The second-order valence-electron chi connectivity index (χ2n) is 8.76. The summed E-state index contributed by atoms with van der Waals surface area (Å²) in [5.74, 6) is 0.633. The van der Waals surface area contributed by atoms with Gasteiger partial charge in [-0.1, -0.05) is 12.8 Å². The van der Waals surface area contributed by atoms with E-state index in [0.29, 0.717) is 25.1 Å². The zero-order valence-electron chi connectivity index (χ0n) is 18.8. The third-order valence-electron chi connectivity index (χ3n) is 6.52. The molecule has 2 N–H and O–H groups in total. The fourth-order valence-electron chi connectivity index (χ4n) is 4.43. The van der Waals surface area contributed by atoms with Gasteiger partial charge in [0.15, 0.2) is 0 Å². The number of nitrogens with zero attached hydrogens (tertiary/aromatic N) is 1. The van der Waals surface area contributed by atoms with E-state index in [4.69, 9.17) is 4.74 Å². The lowest BCUT2D eigenvalue weighted by molar-refractivity contribution is -0.134. The van der Waals surface area contributed by atoms with Crippen molar-refractivity contribution in [3.8, 4) is 5.75 Å². The van der Waals surface area contributed by atoms with Crippen LogP contribution in [0, 0.1) is 11.8 Å². The molecule has 1 aliphatic heterocycles. The minimum Gasteiger partial charge on any atom is -0.497 e. The summed E-state index contributed by atoms with van der Waals surface area (Å²) in [4.78, 5) is 26.9. The molecule has 0 spiro atoms.